The molecule has 1 fully saturated rings. The van der Waals surface area contributed by atoms with Gasteiger partial charge in [-0.2, -0.15) is 0 Å². The summed E-state index contributed by atoms with van der Waals surface area (Å²) in [6.07, 6.45) is 0. The summed E-state index contributed by atoms with van der Waals surface area (Å²) in [5.74, 6) is 2.73. The molecule has 1 aliphatic heterocycles. The topological polar surface area (TPSA) is 89.1 Å². The van der Waals surface area contributed by atoms with Crippen molar-refractivity contribution in [1.29, 1.82) is 0 Å². The van der Waals surface area contributed by atoms with E-state index in [-0.39, 0.29) is 6.03 Å². The first kappa shape index (κ1) is 23.2. The number of methoxy groups -OCH3 is 3. The molecule has 1 aliphatic rings. The number of piperazine rings is 1. The maximum absolute atomic E-state index is 12.8. The van der Waals surface area contributed by atoms with E-state index in [4.69, 9.17) is 14.2 Å². The van der Waals surface area contributed by atoms with Gasteiger partial charge in [-0.25, -0.2) is 4.79 Å². The van der Waals surface area contributed by atoms with Crippen molar-refractivity contribution < 1.29 is 19.0 Å². The minimum absolute atomic E-state index is 0.140. The van der Waals surface area contributed by atoms with Crippen molar-refractivity contribution in [3.8, 4) is 28.5 Å². The van der Waals surface area contributed by atoms with E-state index >= 15 is 0 Å². The van der Waals surface area contributed by atoms with Gasteiger partial charge >= 0.3 is 6.03 Å². The van der Waals surface area contributed by atoms with E-state index in [0.717, 1.165) is 22.6 Å². The summed E-state index contributed by atoms with van der Waals surface area (Å²) >= 11 is 0. The molecule has 9 heteroatoms. The second kappa shape index (κ2) is 10.3. The maximum Gasteiger partial charge on any atom is 0.322 e. The molecule has 0 spiro atoms. The number of rotatable bonds is 6. The molecule has 2 amide bonds. The minimum Gasteiger partial charge on any atom is -0.495 e. The highest BCUT2D eigenvalue weighted by molar-refractivity contribution is 5.91. The molecule has 2 heterocycles. The van der Waals surface area contributed by atoms with Gasteiger partial charge in [0.15, 0.2) is 17.3 Å². The van der Waals surface area contributed by atoms with Gasteiger partial charge in [0.25, 0.3) is 0 Å². The van der Waals surface area contributed by atoms with Gasteiger partial charge in [0.1, 0.15) is 5.75 Å². The Hall–Kier alpha value is -4.01. The SMILES string of the molecule is COc1ccc(C)cc1NC(=O)N1CCN(c2ccc(-c3ccc(OC)c(OC)c3)nn2)CC1. The van der Waals surface area contributed by atoms with Crippen molar-refractivity contribution in [1.82, 2.24) is 15.1 Å². The number of ether oxygens (including phenoxy) is 3. The van der Waals surface area contributed by atoms with Gasteiger partial charge in [0.2, 0.25) is 0 Å². The van der Waals surface area contributed by atoms with Crippen molar-refractivity contribution in [2.75, 3.05) is 57.7 Å². The number of aromatic nitrogens is 2. The largest absolute Gasteiger partial charge is 0.495 e. The Balaban J connectivity index is 1.37. The van der Waals surface area contributed by atoms with Crippen LogP contribution < -0.4 is 24.4 Å². The van der Waals surface area contributed by atoms with Crippen LogP contribution >= 0.6 is 0 Å². The van der Waals surface area contributed by atoms with Crippen LogP contribution in [0.5, 0.6) is 17.2 Å². The van der Waals surface area contributed by atoms with Crippen molar-refractivity contribution >= 4 is 17.5 Å². The Labute approximate surface area is 199 Å². The summed E-state index contributed by atoms with van der Waals surface area (Å²) in [6.45, 7) is 4.48. The molecule has 1 saturated heterocycles. The summed E-state index contributed by atoms with van der Waals surface area (Å²) in [5, 5.41) is 11.8. The molecule has 34 heavy (non-hydrogen) atoms. The molecule has 4 rings (SSSR count). The molecular weight excluding hydrogens is 434 g/mol. The number of aryl methyl sites for hydroxylation is 1. The van der Waals surface area contributed by atoms with E-state index in [9.17, 15) is 4.79 Å². The number of nitrogens with one attached hydrogen (secondary N) is 1. The highest BCUT2D eigenvalue weighted by atomic mass is 16.5. The van der Waals surface area contributed by atoms with Crippen LogP contribution in [0.15, 0.2) is 48.5 Å². The summed E-state index contributed by atoms with van der Waals surface area (Å²) in [5.41, 5.74) is 3.36. The van der Waals surface area contributed by atoms with Gasteiger partial charge in [0, 0.05) is 31.7 Å². The monoisotopic (exact) mass is 463 g/mol. The lowest BCUT2D eigenvalue weighted by molar-refractivity contribution is 0.208. The number of anilines is 2. The van der Waals surface area contributed by atoms with Crippen molar-refractivity contribution in [2.24, 2.45) is 0 Å². The molecule has 0 radical (unpaired) electrons. The number of urea groups is 1. The van der Waals surface area contributed by atoms with Crippen LogP contribution in [0.3, 0.4) is 0 Å². The molecule has 0 unspecified atom stereocenters. The first-order valence-electron chi connectivity index (χ1n) is 11.0. The van der Waals surface area contributed by atoms with Crippen LogP contribution in [0.2, 0.25) is 0 Å². The van der Waals surface area contributed by atoms with Gasteiger partial charge in [-0.15, -0.1) is 10.2 Å². The summed E-state index contributed by atoms with van der Waals surface area (Å²) in [6, 6.07) is 15.1. The molecule has 1 aromatic heterocycles. The predicted molar refractivity (Wildman–Crippen MR) is 131 cm³/mol. The third-order valence-corrected chi connectivity index (χ3v) is 5.82. The fourth-order valence-electron chi connectivity index (χ4n) is 3.90. The molecule has 1 N–H and O–H groups in total. The average Bonchev–Trinajstić information content (AvgIpc) is 2.88. The minimum atomic E-state index is -0.140. The molecule has 178 valence electrons. The third-order valence-electron chi connectivity index (χ3n) is 5.82. The number of hydrogen-bond acceptors (Lipinski definition) is 7. The highest BCUT2D eigenvalue weighted by Crippen LogP contribution is 2.32. The Morgan fingerprint density at radius 1 is 0.824 bits per heavy atom. The molecule has 0 saturated carbocycles. The van der Waals surface area contributed by atoms with Crippen LogP contribution in [-0.4, -0.2) is 68.6 Å². The van der Waals surface area contributed by atoms with Gasteiger partial charge in [0.05, 0.1) is 32.7 Å². The fraction of sp³-hybridized carbons (Fsp3) is 0.320. The van der Waals surface area contributed by atoms with E-state index in [1.807, 2.05) is 55.5 Å². The van der Waals surface area contributed by atoms with E-state index in [0.29, 0.717) is 49.1 Å². The number of carbonyl (C=O) groups is 1. The lowest BCUT2D eigenvalue weighted by Crippen LogP contribution is -2.50. The van der Waals surface area contributed by atoms with Crippen molar-refractivity contribution in [2.45, 2.75) is 6.92 Å². The molecule has 0 atom stereocenters. The number of amides is 2. The predicted octanol–water partition coefficient (Wildman–Crippen LogP) is 3.83. The standard InChI is InChI=1S/C25H29N5O4/c1-17-5-8-21(32-2)20(15-17)26-25(31)30-13-11-29(12-14-30)24-10-7-19(27-28-24)18-6-9-22(33-3)23(16-18)34-4/h5-10,15-16H,11-14H2,1-4H3,(H,26,31). The smallest absolute Gasteiger partial charge is 0.322 e. The van der Waals surface area contributed by atoms with Crippen LogP contribution in [-0.2, 0) is 0 Å². The van der Waals surface area contributed by atoms with Gasteiger partial charge in [-0.05, 0) is 55.0 Å². The maximum atomic E-state index is 12.8. The zero-order valence-electron chi connectivity index (χ0n) is 19.9. The van der Waals surface area contributed by atoms with E-state index < -0.39 is 0 Å². The lowest BCUT2D eigenvalue weighted by atomic mass is 10.1. The van der Waals surface area contributed by atoms with E-state index in [1.165, 1.54) is 0 Å². The van der Waals surface area contributed by atoms with Crippen LogP contribution in [0.1, 0.15) is 5.56 Å². The number of nitrogens with zero attached hydrogens (tertiary/aromatic N) is 4. The number of benzene rings is 2. The molecule has 2 aromatic carbocycles. The van der Waals surface area contributed by atoms with E-state index in [1.54, 1.807) is 26.2 Å². The zero-order valence-corrected chi connectivity index (χ0v) is 19.9. The fourth-order valence-corrected chi connectivity index (χ4v) is 3.90. The normalized spacial score (nSPS) is 13.4. The first-order chi connectivity index (χ1) is 16.5. The third kappa shape index (κ3) is 4.98. The number of carbonyl (C=O) groups excluding carboxylic acids is 1. The lowest BCUT2D eigenvalue weighted by Gasteiger charge is -2.35. The van der Waals surface area contributed by atoms with Crippen LogP contribution in [0.4, 0.5) is 16.3 Å². The van der Waals surface area contributed by atoms with Crippen molar-refractivity contribution in [3.05, 3.63) is 54.1 Å². The molecule has 9 nitrogen and oxygen atoms in total. The van der Waals surface area contributed by atoms with Crippen molar-refractivity contribution in [3.63, 3.8) is 0 Å². The van der Waals surface area contributed by atoms with Gasteiger partial charge in [-0.3, -0.25) is 0 Å². The molecule has 0 bridgehead atoms. The van der Waals surface area contributed by atoms with Crippen LogP contribution in [0, 0.1) is 6.92 Å². The molecular formula is C25H29N5O4. The Morgan fingerprint density at radius 3 is 2.18 bits per heavy atom. The average molecular weight is 464 g/mol. The first-order valence-corrected chi connectivity index (χ1v) is 11.0. The van der Waals surface area contributed by atoms with E-state index in [2.05, 4.69) is 20.4 Å². The number of hydrogen-bond donors (Lipinski definition) is 1. The quantitative estimate of drug-likeness (QED) is 0.594. The second-order valence-corrected chi connectivity index (χ2v) is 7.95. The summed E-state index contributed by atoms with van der Waals surface area (Å²) < 4.78 is 16.0. The second-order valence-electron chi connectivity index (χ2n) is 7.95. The molecule has 3 aromatic rings. The summed E-state index contributed by atoms with van der Waals surface area (Å²) in [7, 11) is 4.80. The highest BCUT2D eigenvalue weighted by Gasteiger charge is 2.23. The Kier molecular flexibility index (Phi) is 7.01. The zero-order chi connectivity index (χ0) is 24.1. The Bertz CT molecular complexity index is 1140. The Morgan fingerprint density at radius 2 is 1.53 bits per heavy atom. The molecule has 0 aliphatic carbocycles. The summed E-state index contributed by atoms with van der Waals surface area (Å²) in [4.78, 5) is 16.7. The van der Waals surface area contributed by atoms with Crippen LogP contribution in [0.25, 0.3) is 11.3 Å². The van der Waals surface area contributed by atoms with Gasteiger partial charge in [-0.1, -0.05) is 6.07 Å². The van der Waals surface area contributed by atoms with Gasteiger partial charge < -0.3 is 29.3 Å².